The van der Waals surface area contributed by atoms with Gasteiger partial charge >= 0.3 is 0 Å². The van der Waals surface area contributed by atoms with E-state index in [-0.39, 0.29) is 16.5 Å². The molecule has 156 valence electrons. The van der Waals surface area contributed by atoms with Crippen LogP contribution >= 0.6 is 0 Å². The Balaban J connectivity index is 1.82. The molecule has 0 saturated carbocycles. The van der Waals surface area contributed by atoms with Crippen LogP contribution in [0.15, 0.2) is 41.3 Å². The number of nitrogens with zero attached hydrogens (tertiary/aromatic N) is 1. The molecule has 1 aliphatic heterocycles. The molecule has 2 N–H and O–H groups in total. The highest BCUT2D eigenvalue weighted by Crippen LogP contribution is 2.27. The van der Waals surface area contributed by atoms with E-state index in [2.05, 4.69) is 14.9 Å². The first-order valence-electron chi connectivity index (χ1n) is 9.66. The largest absolute Gasteiger partial charge is 0.371 e. The first kappa shape index (κ1) is 21.3. The third-order valence-corrected chi connectivity index (χ3v) is 6.44. The van der Waals surface area contributed by atoms with Gasteiger partial charge in [0, 0.05) is 30.5 Å². The van der Waals surface area contributed by atoms with Gasteiger partial charge < -0.3 is 10.2 Å². The SMILES string of the molecule is Cc1cc(NC(=O)c2cc(S(=O)(=O)NC(C)C)ccc2F)ccc1N1CCCC1. The van der Waals surface area contributed by atoms with Gasteiger partial charge in [-0.1, -0.05) is 0 Å². The van der Waals surface area contributed by atoms with Crippen molar-refractivity contribution in [3.05, 3.63) is 53.3 Å². The van der Waals surface area contributed by atoms with Crippen molar-refractivity contribution in [2.24, 2.45) is 0 Å². The van der Waals surface area contributed by atoms with Crippen LogP contribution in [-0.4, -0.2) is 33.5 Å². The Kier molecular flexibility index (Phi) is 6.24. The Bertz CT molecular complexity index is 1020. The average molecular weight is 420 g/mol. The Hall–Kier alpha value is -2.45. The second kappa shape index (κ2) is 8.51. The number of hydrogen-bond acceptors (Lipinski definition) is 4. The lowest BCUT2D eigenvalue weighted by molar-refractivity contribution is 0.102. The summed E-state index contributed by atoms with van der Waals surface area (Å²) in [5, 5.41) is 2.66. The molecule has 0 aliphatic carbocycles. The minimum absolute atomic E-state index is 0.154. The van der Waals surface area contributed by atoms with E-state index in [9.17, 15) is 17.6 Å². The van der Waals surface area contributed by atoms with Gasteiger partial charge in [-0.05, 0) is 75.6 Å². The molecule has 6 nitrogen and oxygen atoms in total. The summed E-state index contributed by atoms with van der Waals surface area (Å²) in [6.07, 6.45) is 2.34. The molecule has 0 atom stereocenters. The summed E-state index contributed by atoms with van der Waals surface area (Å²) in [7, 11) is -3.83. The van der Waals surface area contributed by atoms with Crippen LogP contribution in [0.25, 0.3) is 0 Å². The van der Waals surface area contributed by atoms with Crippen molar-refractivity contribution in [3.63, 3.8) is 0 Å². The molecule has 0 aromatic heterocycles. The van der Waals surface area contributed by atoms with E-state index >= 15 is 0 Å². The molecular formula is C21H26FN3O3S. The first-order chi connectivity index (χ1) is 13.7. The number of carbonyl (C=O) groups excluding carboxylic acids is 1. The van der Waals surface area contributed by atoms with Crippen molar-refractivity contribution in [2.45, 2.75) is 44.6 Å². The minimum Gasteiger partial charge on any atom is -0.371 e. The summed E-state index contributed by atoms with van der Waals surface area (Å²) < 4.78 is 41.3. The molecular weight excluding hydrogens is 393 g/mol. The monoisotopic (exact) mass is 419 g/mol. The van der Waals surface area contributed by atoms with E-state index in [1.165, 1.54) is 12.8 Å². The highest BCUT2D eigenvalue weighted by atomic mass is 32.2. The van der Waals surface area contributed by atoms with Crippen LogP contribution in [0.1, 0.15) is 42.6 Å². The lowest BCUT2D eigenvalue weighted by Crippen LogP contribution is -2.30. The molecule has 0 bridgehead atoms. The third kappa shape index (κ3) is 4.94. The molecule has 8 heteroatoms. The Labute approximate surface area is 171 Å². The van der Waals surface area contributed by atoms with Crippen molar-refractivity contribution in [1.29, 1.82) is 0 Å². The molecule has 1 saturated heterocycles. The number of nitrogens with one attached hydrogen (secondary N) is 2. The van der Waals surface area contributed by atoms with Crippen LogP contribution in [0, 0.1) is 12.7 Å². The molecule has 0 unspecified atom stereocenters. The maximum absolute atomic E-state index is 14.2. The van der Waals surface area contributed by atoms with Crippen LogP contribution in [0.2, 0.25) is 0 Å². The fourth-order valence-corrected chi connectivity index (χ4v) is 4.75. The maximum Gasteiger partial charge on any atom is 0.258 e. The van der Waals surface area contributed by atoms with Crippen LogP contribution in [0.3, 0.4) is 0 Å². The molecule has 0 spiro atoms. The summed E-state index contributed by atoms with van der Waals surface area (Å²) in [4.78, 5) is 14.8. The second-order valence-electron chi connectivity index (χ2n) is 7.57. The molecule has 1 fully saturated rings. The lowest BCUT2D eigenvalue weighted by Gasteiger charge is -2.20. The van der Waals surface area contributed by atoms with E-state index in [1.54, 1.807) is 19.9 Å². The van der Waals surface area contributed by atoms with E-state index in [4.69, 9.17) is 0 Å². The number of sulfonamides is 1. The molecule has 1 heterocycles. The predicted molar refractivity (Wildman–Crippen MR) is 112 cm³/mol. The molecule has 0 radical (unpaired) electrons. The summed E-state index contributed by atoms with van der Waals surface area (Å²) in [5.74, 6) is -1.48. The Morgan fingerprint density at radius 2 is 1.79 bits per heavy atom. The molecule has 3 rings (SSSR count). The van der Waals surface area contributed by atoms with Crippen molar-refractivity contribution in [3.8, 4) is 0 Å². The van der Waals surface area contributed by atoms with Crippen molar-refractivity contribution < 1.29 is 17.6 Å². The zero-order chi connectivity index (χ0) is 21.2. The van der Waals surface area contributed by atoms with Gasteiger partial charge in [-0.2, -0.15) is 0 Å². The number of halogens is 1. The van der Waals surface area contributed by atoms with Crippen LogP contribution in [-0.2, 0) is 10.0 Å². The zero-order valence-corrected chi connectivity index (χ0v) is 17.6. The van der Waals surface area contributed by atoms with Crippen LogP contribution < -0.4 is 14.9 Å². The van der Waals surface area contributed by atoms with Gasteiger partial charge in [-0.25, -0.2) is 17.5 Å². The number of benzene rings is 2. The number of rotatable bonds is 6. The highest BCUT2D eigenvalue weighted by Gasteiger charge is 2.21. The molecule has 1 aliphatic rings. The van der Waals surface area contributed by atoms with Crippen molar-refractivity contribution >= 4 is 27.3 Å². The topological polar surface area (TPSA) is 78.5 Å². The minimum atomic E-state index is -3.83. The van der Waals surface area contributed by atoms with Gasteiger partial charge in [-0.15, -0.1) is 0 Å². The predicted octanol–water partition coefficient (Wildman–Crippen LogP) is 3.67. The average Bonchev–Trinajstić information content (AvgIpc) is 3.15. The number of anilines is 2. The van der Waals surface area contributed by atoms with Gasteiger partial charge in [0.15, 0.2) is 0 Å². The zero-order valence-electron chi connectivity index (χ0n) is 16.8. The van der Waals surface area contributed by atoms with E-state index in [0.29, 0.717) is 5.69 Å². The fourth-order valence-electron chi connectivity index (χ4n) is 3.47. The standard InChI is InChI=1S/C21H26FN3O3S/c1-14(2)24-29(27,28)17-7-8-19(22)18(13-17)21(26)23-16-6-9-20(15(3)12-16)25-10-4-5-11-25/h6-9,12-14,24H,4-5,10-11H2,1-3H3,(H,23,26). The summed E-state index contributed by atoms with van der Waals surface area (Å²) >= 11 is 0. The smallest absolute Gasteiger partial charge is 0.258 e. The lowest BCUT2D eigenvalue weighted by atomic mass is 10.1. The van der Waals surface area contributed by atoms with Gasteiger partial charge in [0.25, 0.3) is 5.91 Å². The normalized spacial score (nSPS) is 14.4. The number of hydrogen-bond donors (Lipinski definition) is 2. The molecule has 2 aromatic carbocycles. The van der Waals surface area contributed by atoms with E-state index in [0.717, 1.165) is 42.5 Å². The van der Waals surface area contributed by atoms with Gasteiger partial charge in [-0.3, -0.25) is 4.79 Å². The van der Waals surface area contributed by atoms with Crippen LogP contribution in [0.4, 0.5) is 15.8 Å². The van der Waals surface area contributed by atoms with Gasteiger partial charge in [0.2, 0.25) is 10.0 Å². The molecule has 2 aromatic rings. The first-order valence-corrected chi connectivity index (χ1v) is 11.1. The van der Waals surface area contributed by atoms with E-state index in [1.807, 2.05) is 19.1 Å². The Morgan fingerprint density at radius 3 is 2.41 bits per heavy atom. The molecule has 1 amide bonds. The second-order valence-corrected chi connectivity index (χ2v) is 9.28. The number of aryl methyl sites for hydroxylation is 1. The number of carbonyl (C=O) groups is 1. The highest BCUT2D eigenvalue weighted by molar-refractivity contribution is 7.89. The summed E-state index contributed by atoms with van der Waals surface area (Å²) in [6, 6.07) is 8.43. The summed E-state index contributed by atoms with van der Waals surface area (Å²) in [5.41, 5.74) is 2.35. The quantitative estimate of drug-likeness (QED) is 0.749. The third-order valence-electron chi connectivity index (χ3n) is 4.79. The van der Waals surface area contributed by atoms with Crippen molar-refractivity contribution in [2.75, 3.05) is 23.3 Å². The van der Waals surface area contributed by atoms with Crippen molar-refractivity contribution in [1.82, 2.24) is 4.72 Å². The fraction of sp³-hybridized carbons (Fsp3) is 0.381. The summed E-state index contributed by atoms with van der Waals surface area (Å²) in [6.45, 7) is 7.37. The number of amides is 1. The van der Waals surface area contributed by atoms with Crippen LogP contribution in [0.5, 0.6) is 0 Å². The van der Waals surface area contributed by atoms with Gasteiger partial charge in [0.1, 0.15) is 5.82 Å². The van der Waals surface area contributed by atoms with E-state index < -0.39 is 21.7 Å². The maximum atomic E-state index is 14.2. The van der Waals surface area contributed by atoms with Gasteiger partial charge in [0.05, 0.1) is 10.5 Å². The molecule has 29 heavy (non-hydrogen) atoms. The Morgan fingerprint density at radius 1 is 1.10 bits per heavy atom.